The zero-order chi connectivity index (χ0) is 11.8. The molecule has 2 heterocycles. The van der Waals surface area contributed by atoms with Gasteiger partial charge in [0.25, 0.3) is 0 Å². The van der Waals surface area contributed by atoms with E-state index in [0.717, 1.165) is 0 Å². The van der Waals surface area contributed by atoms with E-state index >= 15 is 0 Å². The fourth-order valence-corrected chi connectivity index (χ4v) is 1.75. The van der Waals surface area contributed by atoms with Crippen molar-refractivity contribution in [2.75, 3.05) is 6.61 Å². The van der Waals surface area contributed by atoms with Crippen LogP contribution < -0.4 is 0 Å². The molecule has 2 rings (SSSR count). The molecular formula is C10H9F3N2O. The third-order valence-electron chi connectivity index (χ3n) is 2.41. The van der Waals surface area contributed by atoms with Crippen molar-refractivity contribution in [2.45, 2.75) is 25.7 Å². The van der Waals surface area contributed by atoms with E-state index in [9.17, 15) is 13.2 Å². The molecule has 1 aromatic heterocycles. The zero-order valence-electron chi connectivity index (χ0n) is 8.34. The molecule has 0 saturated carbocycles. The van der Waals surface area contributed by atoms with Gasteiger partial charge in [-0.1, -0.05) is 5.92 Å². The number of rotatable bonds is 1. The Kier molecular flexibility index (Phi) is 2.64. The van der Waals surface area contributed by atoms with Crippen LogP contribution in [-0.2, 0) is 30.5 Å². The van der Waals surface area contributed by atoms with Crippen molar-refractivity contribution in [1.29, 1.82) is 0 Å². The molecule has 6 heteroatoms. The minimum Gasteiger partial charge on any atom is -0.376 e. The molecule has 0 spiro atoms. The first-order valence-corrected chi connectivity index (χ1v) is 4.71. The fourth-order valence-electron chi connectivity index (χ4n) is 1.75. The summed E-state index contributed by atoms with van der Waals surface area (Å²) in [6, 6.07) is 0. The summed E-state index contributed by atoms with van der Waals surface area (Å²) < 4.78 is 44.2. The van der Waals surface area contributed by atoms with Gasteiger partial charge in [0.2, 0.25) is 0 Å². The van der Waals surface area contributed by atoms with E-state index in [-0.39, 0.29) is 18.7 Å². The second-order valence-electron chi connectivity index (χ2n) is 3.44. The van der Waals surface area contributed by atoms with Crippen molar-refractivity contribution in [3.05, 3.63) is 17.0 Å². The van der Waals surface area contributed by atoms with E-state index < -0.39 is 11.9 Å². The minimum atomic E-state index is -4.45. The van der Waals surface area contributed by atoms with Gasteiger partial charge < -0.3 is 4.74 Å². The monoisotopic (exact) mass is 230 g/mol. The zero-order valence-corrected chi connectivity index (χ0v) is 8.34. The Balaban J connectivity index is 2.51. The normalized spacial score (nSPS) is 15.6. The highest BCUT2D eigenvalue weighted by molar-refractivity contribution is 5.30. The largest absolute Gasteiger partial charge is 0.435 e. The van der Waals surface area contributed by atoms with Crippen LogP contribution in [0.5, 0.6) is 0 Å². The summed E-state index contributed by atoms with van der Waals surface area (Å²) >= 11 is 0. The molecular weight excluding hydrogens is 221 g/mol. The van der Waals surface area contributed by atoms with Crippen LogP contribution in [0.3, 0.4) is 0 Å². The van der Waals surface area contributed by atoms with Crippen LogP contribution in [-0.4, -0.2) is 16.4 Å². The van der Waals surface area contributed by atoms with E-state index in [1.807, 2.05) is 0 Å². The predicted octanol–water partition coefficient (Wildman–Crippen LogP) is 1.61. The Morgan fingerprint density at radius 1 is 1.50 bits per heavy atom. The molecule has 0 fully saturated rings. The summed E-state index contributed by atoms with van der Waals surface area (Å²) in [5.41, 5.74) is -0.219. The van der Waals surface area contributed by atoms with Gasteiger partial charge >= 0.3 is 6.18 Å². The summed E-state index contributed by atoms with van der Waals surface area (Å²) in [5, 5.41) is 3.52. The number of aromatic nitrogens is 2. The topological polar surface area (TPSA) is 27.1 Å². The predicted molar refractivity (Wildman–Crippen MR) is 49.4 cm³/mol. The molecule has 3 nitrogen and oxygen atoms in total. The number of hydrogen-bond donors (Lipinski definition) is 0. The lowest BCUT2D eigenvalue weighted by Crippen LogP contribution is -2.15. The van der Waals surface area contributed by atoms with Gasteiger partial charge in [-0.25, -0.2) is 0 Å². The number of fused-ring (bicyclic) bond motifs is 1. The van der Waals surface area contributed by atoms with Crippen LogP contribution in [0.1, 0.15) is 17.0 Å². The maximum atomic E-state index is 12.6. The molecule has 0 bridgehead atoms. The molecule has 0 unspecified atom stereocenters. The highest BCUT2D eigenvalue weighted by Crippen LogP contribution is 2.34. The molecule has 0 saturated heterocycles. The van der Waals surface area contributed by atoms with Crippen LogP contribution in [0.2, 0.25) is 0 Å². The van der Waals surface area contributed by atoms with Gasteiger partial charge in [-0.3, -0.25) is 4.68 Å². The summed E-state index contributed by atoms with van der Waals surface area (Å²) in [7, 11) is 0. The molecule has 1 aliphatic rings. The first kappa shape index (κ1) is 11.0. The number of ether oxygens (including phenoxy) is 1. The molecule has 1 aromatic rings. The van der Waals surface area contributed by atoms with Crippen molar-refractivity contribution in [2.24, 2.45) is 0 Å². The smallest absolute Gasteiger partial charge is 0.376 e. The van der Waals surface area contributed by atoms with Crippen LogP contribution in [0, 0.1) is 12.3 Å². The van der Waals surface area contributed by atoms with Crippen molar-refractivity contribution >= 4 is 0 Å². The summed E-state index contributed by atoms with van der Waals surface area (Å²) in [6.45, 7) is 0.410. The van der Waals surface area contributed by atoms with Crippen molar-refractivity contribution in [3.8, 4) is 12.3 Å². The van der Waals surface area contributed by atoms with Gasteiger partial charge in [-0.15, -0.1) is 6.42 Å². The molecule has 0 N–H and O–H groups in total. The van der Waals surface area contributed by atoms with E-state index in [4.69, 9.17) is 11.2 Å². The Bertz CT molecular complexity index is 442. The third kappa shape index (κ3) is 1.78. The van der Waals surface area contributed by atoms with Gasteiger partial charge in [0, 0.05) is 17.7 Å². The molecule has 0 aliphatic carbocycles. The number of hydrogen-bond acceptors (Lipinski definition) is 2. The summed E-state index contributed by atoms with van der Waals surface area (Å²) in [4.78, 5) is 0. The maximum absolute atomic E-state index is 12.6. The highest BCUT2D eigenvalue weighted by atomic mass is 19.4. The Labute approximate surface area is 90.2 Å². The molecule has 0 atom stereocenters. The summed E-state index contributed by atoms with van der Waals surface area (Å²) in [5.74, 6) is 2.29. The first-order chi connectivity index (χ1) is 7.54. The van der Waals surface area contributed by atoms with Crippen molar-refractivity contribution in [3.63, 3.8) is 0 Å². The van der Waals surface area contributed by atoms with E-state index in [1.54, 1.807) is 0 Å². The quantitative estimate of drug-likeness (QED) is 0.685. The second-order valence-corrected chi connectivity index (χ2v) is 3.44. The molecule has 0 aromatic carbocycles. The average molecular weight is 230 g/mol. The number of halogens is 3. The lowest BCUT2D eigenvalue weighted by molar-refractivity contribution is -0.142. The lowest BCUT2D eigenvalue weighted by Gasteiger charge is -2.14. The average Bonchev–Trinajstić information content (AvgIpc) is 2.58. The van der Waals surface area contributed by atoms with Crippen LogP contribution in [0.25, 0.3) is 0 Å². The maximum Gasteiger partial charge on any atom is 0.435 e. The fraction of sp³-hybridized carbons (Fsp3) is 0.500. The Hall–Kier alpha value is -1.48. The van der Waals surface area contributed by atoms with E-state index in [2.05, 4.69) is 11.0 Å². The van der Waals surface area contributed by atoms with Gasteiger partial charge in [0.15, 0.2) is 5.69 Å². The molecule has 0 radical (unpaired) electrons. The first-order valence-electron chi connectivity index (χ1n) is 4.71. The number of terminal acetylenes is 1. The standard InChI is InChI=1S/C10H9F3N2O/c1-2-4-15-8-3-5-16-6-7(8)9(14-15)10(11,12)13/h1H,3-6H2. The van der Waals surface area contributed by atoms with Crippen LogP contribution >= 0.6 is 0 Å². The Morgan fingerprint density at radius 2 is 2.25 bits per heavy atom. The molecule has 0 amide bonds. The lowest BCUT2D eigenvalue weighted by atomic mass is 10.1. The highest BCUT2D eigenvalue weighted by Gasteiger charge is 2.39. The van der Waals surface area contributed by atoms with Crippen LogP contribution in [0.15, 0.2) is 0 Å². The van der Waals surface area contributed by atoms with Gasteiger partial charge in [0.1, 0.15) is 6.54 Å². The molecule has 1 aliphatic heterocycles. The van der Waals surface area contributed by atoms with Gasteiger partial charge in [-0.05, 0) is 0 Å². The van der Waals surface area contributed by atoms with E-state index in [0.29, 0.717) is 18.7 Å². The van der Waals surface area contributed by atoms with Gasteiger partial charge in [-0.2, -0.15) is 18.3 Å². The summed E-state index contributed by atoms with van der Waals surface area (Å²) in [6.07, 6.45) is 1.05. The second kappa shape index (κ2) is 3.83. The molecule has 86 valence electrons. The van der Waals surface area contributed by atoms with Gasteiger partial charge in [0.05, 0.1) is 13.2 Å². The molecule has 16 heavy (non-hydrogen) atoms. The van der Waals surface area contributed by atoms with Crippen molar-refractivity contribution < 1.29 is 17.9 Å². The van der Waals surface area contributed by atoms with E-state index in [1.165, 1.54) is 4.68 Å². The number of alkyl halides is 3. The number of nitrogens with zero attached hydrogens (tertiary/aromatic N) is 2. The third-order valence-corrected chi connectivity index (χ3v) is 2.41. The SMILES string of the molecule is C#CCn1nc(C(F)(F)F)c2c1CCOC2. The van der Waals surface area contributed by atoms with Crippen molar-refractivity contribution in [1.82, 2.24) is 9.78 Å². The minimum absolute atomic E-state index is 0.0469. The van der Waals surface area contributed by atoms with Crippen LogP contribution in [0.4, 0.5) is 13.2 Å². The Morgan fingerprint density at radius 3 is 2.88 bits per heavy atom.